The number of methoxy groups -OCH3 is 1. The van der Waals surface area contributed by atoms with Gasteiger partial charge in [-0.15, -0.1) is 0 Å². The van der Waals surface area contributed by atoms with Crippen molar-refractivity contribution in [2.45, 2.75) is 6.42 Å². The quantitative estimate of drug-likeness (QED) is 0.880. The molecule has 110 valence electrons. The van der Waals surface area contributed by atoms with E-state index in [2.05, 4.69) is 17.3 Å². The van der Waals surface area contributed by atoms with Crippen molar-refractivity contribution in [1.29, 1.82) is 0 Å². The number of carbonyl (C=O) groups excluding carboxylic acids is 1. The first kappa shape index (κ1) is 14.7. The Morgan fingerprint density at radius 1 is 1.30 bits per heavy atom. The third-order valence-electron chi connectivity index (χ3n) is 3.59. The van der Waals surface area contributed by atoms with Crippen LogP contribution in [0.5, 0.6) is 5.75 Å². The van der Waals surface area contributed by atoms with Gasteiger partial charge in [0.25, 0.3) is 0 Å². The molecule has 1 aliphatic rings. The number of benzene rings is 1. The second-order valence-electron chi connectivity index (χ2n) is 5.09. The first-order chi connectivity index (χ1) is 9.69. The zero-order valence-electron chi connectivity index (χ0n) is 12.3. The number of piperazine rings is 1. The van der Waals surface area contributed by atoms with Crippen molar-refractivity contribution in [3.05, 3.63) is 24.3 Å². The van der Waals surface area contributed by atoms with Gasteiger partial charge in [-0.2, -0.15) is 0 Å². The molecular formula is C15H23N3O2. The summed E-state index contributed by atoms with van der Waals surface area (Å²) in [5.74, 6) is 1.05. The van der Waals surface area contributed by atoms with Crippen molar-refractivity contribution in [2.75, 3.05) is 52.2 Å². The Bertz CT molecular complexity index is 442. The zero-order valence-corrected chi connectivity index (χ0v) is 12.3. The molecule has 0 atom stereocenters. The highest BCUT2D eigenvalue weighted by molar-refractivity contribution is 5.76. The second kappa shape index (κ2) is 7.14. The van der Waals surface area contributed by atoms with Crippen molar-refractivity contribution in [1.82, 2.24) is 9.80 Å². The fourth-order valence-corrected chi connectivity index (χ4v) is 2.26. The number of carbonyl (C=O) groups is 1. The molecule has 1 aromatic rings. The van der Waals surface area contributed by atoms with E-state index in [1.165, 1.54) is 0 Å². The monoisotopic (exact) mass is 277 g/mol. The van der Waals surface area contributed by atoms with Crippen molar-refractivity contribution < 1.29 is 9.53 Å². The van der Waals surface area contributed by atoms with Gasteiger partial charge in [0.2, 0.25) is 5.91 Å². The summed E-state index contributed by atoms with van der Waals surface area (Å²) in [5.41, 5.74) is 0.982. The van der Waals surface area contributed by atoms with Gasteiger partial charge in [0.05, 0.1) is 7.11 Å². The van der Waals surface area contributed by atoms with Crippen LogP contribution < -0.4 is 10.1 Å². The first-order valence-electron chi connectivity index (χ1n) is 7.03. The van der Waals surface area contributed by atoms with Crippen molar-refractivity contribution >= 4 is 11.6 Å². The van der Waals surface area contributed by atoms with Gasteiger partial charge in [0.1, 0.15) is 5.75 Å². The Hall–Kier alpha value is -1.75. The number of nitrogens with one attached hydrogen (secondary N) is 1. The number of amides is 1. The zero-order chi connectivity index (χ0) is 14.4. The normalized spacial score (nSPS) is 16.0. The van der Waals surface area contributed by atoms with Gasteiger partial charge in [-0.3, -0.25) is 4.79 Å². The standard InChI is InChI=1S/C15H23N3O2/c1-17-8-10-18(11-9-17)15(19)6-7-16-13-4-3-5-14(12-13)20-2/h3-5,12,16H,6-11H2,1-2H3. The summed E-state index contributed by atoms with van der Waals surface area (Å²) < 4.78 is 5.17. The van der Waals surface area contributed by atoms with Crippen molar-refractivity contribution in [3.8, 4) is 5.75 Å². The first-order valence-corrected chi connectivity index (χ1v) is 7.03. The van der Waals surface area contributed by atoms with Crippen LogP contribution in [-0.2, 0) is 4.79 Å². The van der Waals surface area contributed by atoms with E-state index >= 15 is 0 Å². The minimum Gasteiger partial charge on any atom is -0.497 e. The third kappa shape index (κ3) is 4.13. The van der Waals surface area contributed by atoms with Gasteiger partial charge in [-0.05, 0) is 19.2 Å². The van der Waals surface area contributed by atoms with E-state index in [4.69, 9.17) is 4.74 Å². The molecule has 1 aromatic carbocycles. The predicted octanol–water partition coefficient (Wildman–Crippen LogP) is 1.27. The SMILES string of the molecule is COc1cccc(NCCC(=O)N2CCN(C)CC2)c1. The molecule has 0 spiro atoms. The summed E-state index contributed by atoms with van der Waals surface area (Å²) in [6, 6.07) is 7.74. The molecule has 1 amide bonds. The average molecular weight is 277 g/mol. The van der Waals surface area contributed by atoms with E-state index in [1.54, 1.807) is 7.11 Å². The van der Waals surface area contributed by atoms with E-state index in [-0.39, 0.29) is 5.91 Å². The molecule has 5 nitrogen and oxygen atoms in total. The van der Waals surface area contributed by atoms with Crippen LogP contribution in [0.15, 0.2) is 24.3 Å². The van der Waals surface area contributed by atoms with Crippen LogP contribution >= 0.6 is 0 Å². The lowest BCUT2D eigenvalue weighted by Crippen LogP contribution is -2.47. The number of hydrogen-bond acceptors (Lipinski definition) is 4. The summed E-state index contributed by atoms with van der Waals surface area (Å²) in [7, 11) is 3.74. The number of anilines is 1. The molecule has 1 fully saturated rings. The summed E-state index contributed by atoms with van der Waals surface area (Å²) in [6.45, 7) is 4.27. The Morgan fingerprint density at radius 2 is 2.05 bits per heavy atom. The Kier molecular flexibility index (Phi) is 5.24. The minimum absolute atomic E-state index is 0.230. The summed E-state index contributed by atoms with van der Waals surface area (Å²) in [5, 5.41) is 3.26. The van der Waals surface area contributed by atoms with Crippen LogP contribution in [0.2, 0.25) is 0 Å². The maximum absolute atomic E-state index is 12.1. The van der Waals surface area contributed by atoms with Gasteiger partial charge in [-0.25, -0.2) is 0 Å². The number of nitrogens with zero attached hydrogens (tertiary/aromatic N) is 2. The largest absolute Gasteiger partial charge is 0.497 e. The highest BCUT2D eigenvalue weighted by Gasteiger charge is 2.18. The molecule has 1 N–H and O–H groups in total. The van der Waals surface area contributed by atoms with Crippen LogP contribution in [0.4, 0.5) is 5.69 Å². The molecule has 0 aromatic heterocycles. The number of ether oxygens (including phenoxy) is 1. The molecule has 0 saturated carbocycles. The molecule has 0 radical (unpaired) electrons. The van der Waals surface area contributed by atoms with E-state index in [0.717, 1.165) is 37.6 Å². The fraction of sp³-hybridized carbons (Fsp3) is 0.533. The third-order valence-corrected chi connectivity index (χ3v) is 3.59. The minimum atomic E-state index is 0.230. The van der Waals surface area contributed by atoms with Gasteiger partial charge in [-0.1, -0.05) is 6.07 Å². The van der Waals surface area contributed by atoms with Crippen LogP contribution in [0.1, 0.15) is 6.42 Å². The lowest BCUT2D eigenvalue weighted by atomic mass is 10.2. The molecule has 1 saturated heterocycles. The Morgan fingerprint density at radius 3 is 2.75 bits per heavy atom. The topological polar surface area (TPSA) is 44.8 Å². The van der Waals surface area contributed by atoms with Gasteiger partial charge in [0, 0.05) is 50.9 Å². The van der Waals surface area contributed by atoms with Crippen LogP contribution in [-0.4, -0.2) is 62.6 Å². The molecule has 0 bridgehead atoms. The van der Waals surface area contributed by atoms with Crippen molar-refractivity contribution in [3.63, 3.8) is 0 Å². The van der Waals surface area contributed by atoms with Crippen LogP contribution in [0.3, 0.4) is 0 Å². The maximum atomic E-state index is 12.1. The van der Waals surface area contributed by atoms with Gasteiger partial charge < -0.3 is 19.9 Å². The lowest BCUT2D eigenvalue weighted by Gasteiger charge is -2.32. The molecule has 1 heterocycles. The second-order valence-corrected chi connectivity index (χ2v) is 5.09. The molecule has 20 heavy (non-hydrogen) atoms. The van der Waals surface area contributed by atoms with Gasteiger partial charge in [0.15, 0.2) is 0 Å². The van der Waals surface area contributed by atoms with E-state index < -0.39 is 0 Å². The maximum Gasteiger partial charge on any atom is 0.224 e. The van der Waals surface area contributed by atoms with Crippen molar-refractivity contribution in [2.24, 2.45) is 0 Å². The molecular weight excluding hydrogens is 254 g/mol. The summed E-state index contributed by atoms with van der Waals surface area (Å²) >= 11 is 0. The molecule has 0 aliphatic carbocycles. The number of likely N-dealkylation sites (N-methyl/N-ethyl adjacent to an activating group) is 1. The summed E-state index contributed by atoms with van der Waals surface area (Å²) in [4.78, 5) is 16.3. The number of hydrogen-bond donors (Lipinski definition) is 1. The van der Waals surface area contributed by atoms with E-state index in [0.29, 0.717) is 13.0 Å². The average Bonchev–Trinajstić information content (AvgIpc) is 2.48. The Balaban J connectivity index is 1.73. The molecule has 1 aliphatic heterocycles. The highest BCUT2D eigenvalue weighted by Crippen LogP contribution is 2.16. The summed E-state index contributed by atoms with van der Waals surface area (Å²) in [6.07, 6.45) is 0.529. The van der Waals surface area contributed by atoms with Gasteiger partial charge >= 0.3 is 0 Å². The van der Waals surface area contributed by atoms with Crippen LogP contribution in [0, 0.1) is 0 Å². The fourth-order valence-electron chi connectivity index (χ4n) is 2.26. The van der Waals surface area contributed by atoms with E-state index in [1.807, 2.05) is 29.2 Å². The molecule has 2 rings (SSSR count). The molecule has 0 unspecified atom stereocenters. The Labute approximate surface area is 120 Å². The number of rotatable bonds is 5. The van der Waals surface area contributed by atoms with Crippen LogP contribution in [0.25, 0.3) is 0 Å². The highest BCUT2D eigenvalue weighted by atomic mass is 16.5. The van der Waals surface area contributed by atoms with E-state index in [9.17, 15) is 4.79 Å². The lowest BCUT2D eigenvalue weighted by molar-refractivity contribution is -0.132. The predicted molar refractivity (Wildman–Crippen MR) is 80.2 cm³/mol. The smallest absolute Gasteiger partial charge is 0.224 e. The molecule has 5 heteroatoms.